The van der Waals surface area contributed by atoms with E-state index >= 15 is 0 Å². The zero-order chi connectivity index (χ0) is 22.4. The van der Waals surface area contributed by atoms with Gasteiger partial charge in [0.2, 0.25) is 0 Å². The third kappa shape index (κ3) is 6.25. The first-order valence-electron chi connectivity index (χ1n) is 9.87. The molecule has 0 aromatic heterocycles. The third-order valence-corrected chi connectivity index (χ3v) is 4.43. The smallest absolute Gasteiger partial charge is 0.344 e. The highest BCUT2D eigenvalue weighted by molar-refractivity contribution is 6.05. The van der Waals surface area contributed by atoms with E-state index in [-0.39, 0.29) is 24.7 Å². The average molecular weight is 427 g/mol. The molecule has 1 aliphatic carbocycles. The minimum Gasteiger partial charge on any atom is -0.482 e. The quantitative estimate of drug-likeness (QED) is 0.625. The zero-order valence-electron chi connectivity index (χ0n) is 17.2. The second-order valence-corrected chi connectivity index (χ2v) is 7.30. The van der Waals surface area contributed by atoms with Gasteiger partial charge in [0.15, 0.2) is 6.61 Å². The second kappa shape index (κ2) is 10.0. The topological polar surface area (TPSA) is 64.6 Å². The predicted molar refractivity (Wildman–Crippen MR) is 114 cm³/mol. The fourth-order valence-electron chi connectivity index (χ4n) is 3.05. The van der Waals surface area contributed by atoms with Crippen LogP contribution in [-0.4, -0.2) is 30.8 Å². The first-order valence-corrected chi connectivity index (χ1v) is 9.87. The Morgan fingerprint density at radius 1 is 1.19 bits per heavy atom. The van der Waals surface area contributed by atoms with Crippen LogP contribution in [-0.2, 0) is 9.53 Å². The molecule has 1 aliphatic rings. The summed E-state index contributed by atoms with van der Waals surface area (Å²) in [6.45, 7) is 3.20. The second-order valence-electron chi connectivity index (χ2n) is 7.30. The number of halogens is 2. The number of alkyl halides is 1. The van der Waals surface area contributed by atoms with Crippen LogP contribution >= 0.6 is 0 Å². The van der Waals surface area contributed by atoms with Crippen molar-refractivity contribution in [3.05, 3.63) is 77.6 Å². The number of anilines is 1. The number of nitrogens with one attached hydrogen (secondary N) is 1. The average Bonchev–Trinajstić information content (AvgIpc) is 2.72. The number of hydrogen-bond acceptors (Lipinski definition) is 4. The van der Waals surface area contributed by atoms with Gasteiger partial charge in [-0.05, 0) is 49.2 Å². The van der Waals surface area contributed by atoms with Crippen LogP contribution < -0.4 is 10.1 Å². The molecule has 0 aliphatic heterocycles. The molecule has 1 N–H and O–H groups in total. The van der Waals surface area contributed by atoms with Crippen molar-refractivity contribution in [2.75, 3.05) is 11.9 Å². The summed E-state index contributed by atoms with van der Waals surface area (Å²) in [5.74, 6) is -1.50. The Labute approximate surface area is 179 Å². The summed E-state index contributed by atoms with van der Waals surface area (Å²) < 4.78 is 38.3. The molecule has 2 aromatic rings. The lowest BCUT2D eigenvalue weighted by Gasteiger charge is -2.14. The number of carbonyl (C=O) groups excluding carboxylic acids is 2. The number of benzene rings is 2. The molecule has 0 spiro atoms. The van der Waals surface area contributed by atoms with E-state index in [1.165, 1.54) is 30.3 Å². The minimum atomic E-state index is -1.11. The van der Waals surface area contributed by atoms with Crippen LogP contribution in [0.25, 0.3) is 5.57 Å². The van der Waals surface area contributed by atoms with Gasteiger partial charge in [0.25, 0.3) is 5.91 Å². The summed E-state index contributed by atoms with van der Waals surface area (Å²) >= 11 is 0. The SMILES string of the molecule is CC(C)OC(=O)COc1cccc(NC(=O)c2cc(C3=CC=CC(F)C3)ccc2F)c1. The van der Waals surface area contributed by atoms with E-state index in [1.807, 2.05) is 0 Å². The molecular weight excluding hydrogens is 404 g/mol. The van der Waals surface area contributed by atoms with E-state index < -0.39 is 23.9 Å². The number of rotatable bonds is 7. The van der Waals surface area contributed by atoms with Crippen LogP contribution in [0, 0.1) is 5.82 Å². The number of hydrogen-bond donors (Lipinski definition) is 1. The highest BCUT2D eigenvalue weighted by Gasteiger charge is 2.17. The van der Waals surface area contributed by atoms with Gasteiger partial charge in [-0.1, -0.05) is 30.4 Å². The maximum Gasteiger partial charge on any atom is 0.344 e. The van der Waals surface area contributed by atoms with Crippen molar-refractivity contribution < 1.29 is 27.8 Å². The highest BCUT2D eigenvalue weighted by atomic mass is 19.1. The Balaban J connectivity index is 1.70. The molecule has 31 heavy (non-hydrogen) atoms. The van der Waals surface area contributed by atoms with Crippen LogP contribution in [0.3, 0.4) is 0 Å². The highest BCUT2D eigenvalue weighted by Crippen LogP contribution is 2.27. The van der Waals surface area contributed by atoms with Crippen LogP contribution in [0.5, 0.6) is 5.75 Å². The fourth-order valence-corrected chi connectivity index (χ4v) is 3.05. The zero-order valence-corrected chi connectivity index (χ0v) is 17.2. The summed E-state index contributed by atoms with van der Waals surface area (Å²) in [5.41, 5.74) is 1.48. The molecule has 0 bridgehead atoms. The molecule has 1 unspecified atom stereocenters. The van der Waals surface area contributed by atoms with Crippen molar-refractivity contribution in [3.63, 3.8) is 0 Å². The molecular formula is C24H23F2NO4. The van der Waals surface area contributed by atoms with Crippen molar-refractivity contribution in [1.29, 1.82) is 0 Å². The molecule has 0 saturated carbocycles. The maximum absolute atomic E-state index is 14.3. The van der Waals surface area contributed by atoms with E-state index in [4.69, 9.17) is 9.47 Å². The first kappa shape index (κ1) is 22.2. The summed E-state index contributed by atoms with van der Waals surface area (Å²) in [7, 11) is 0. The Kier molecular flexibility index (Phi) is 7.18. The molecule has 1 atom stereocenters. The number of amides is 1. The number of esters is 1. The van der Waals surface area contributed by atoms with E-state index in [1.54, 1.807) is 44.2 Å². The Hall–Kier alpha value is -3.48. The number of ether oxygens (including phenoxy) is 2. The molecule has 0 heterocycles. The number of carbonyl (C=O) groups is 2. The predicted octanol–water partition coefficient (Wildman–Crippen LogP) is 5.09. The van der Waals surface area contributed by atoms with Gasteiger partial charge >= 0.3 is 5.97 Å². The van der Waals surface area contributed by atoms with Crippen molar-refractivity contribution in [2.45, 2.75) is 32.5 Å². The van der Waals surface area contributed by atoms with Crippen molar-refractivity contribution in [3.8, 4) is 5.75 Å². The lowest BCUT2D eigenvalue weighted by atomic mass is 9.95. The standard InChI is InChI=1S/C24H23F2NO4/c1-15(2)31-23(28)14-30-20-8-4-7-19(13-20)27-24(29)21-12-17(9-10-22(21)26)16-5-3-6-18(25)11-16/h3-10,12-13,15,18H,11,14H2,1-2H3,(H,27,29). The van der Waals surface area contributed by atoms with Gasteiger partial charge in [0, 0.05) is 18.2 Å². The first-order chi connectivity index (χ1) is 14.8. The minimum absolute atomic E-state index is 0.157. The van der Waals surface area contributed by atoms with Crippen LogP contribution in [0.15, 0.2) is 60.7 Å². The van der Waals surface area contributed by atoms with Crippen LogP contribution in [0.1, 0.15) is 36.2 Å². The van der Waals surface area contributed by atoms with Crippen molar-refractivity contribution in [2.24, 2.45) is 0 Å². The lowest BCUT2D eigenvalue weighted by molar-refractivity contribution is -0.149. The van der Waals surface area contributed by atoms with E-state index in [0.29, 0.717) is 22.6 Å². The van der Waals surface area contributed by atoms with E-state index in [0.717, 1.165) is 0 Å². The summed E-state index contributed by atoms with van der Waals surface area (Å²) in [5, 5.41) is 2.62. The van der Waals surface area contributed by atoms with Gasteiger partial charge in [-0.2, -0.15) is 0 Å². The fraction of sp³-hybridized carbons (Fsp3) is 0.250. The lowest BCUT2D eigenvalue weighted by Crippen LogP contribution is -2.19. The number of allylic oxidation sites excluding steroid dienone is 4. The van der Waals surface area contributed by atoms with Crippen molar-refractivity contribution >= 4 is 23.1 Å². The van der Waals surface area contributed by atoms with Gasteiger partial charge in [-0.25, -0.2) is 13.6 Å². The molecule has 0 fully saturated rings. The molecule has 0 radical (unpaired) electrons. The molecule has 0 saturated heterocycles. The van der Waals surface area contributed by atoms with E-state index in [9.17, 15) is 18.4 Å². The van der Waals surface area contributed by atoms with Crippen LogP contribution in [0.2, 0.25) is 0 Å². The third-order valence-electron chi connectivity index (χ3n) is 4.43. The van der Waals surface area contributed by atoms with Crippen LogP contribution in [0.4, 0.5) is 14.5 Å². The monoisotopic (exact) mass is 427 g/mol. The van der Waals surface area contributed by atoms with Gasteiger partial charge in [0.05, 0.1) is 11.7 Å². The van der Waals surface area contributed by atoms with Crippen molar-refractivity contribution in [1.82, 2.24) is 0 Å². The Morgan fingerprint density at radius 3 is 2.74 bits per heavy atom. The summed E-state index contributed by atoms with van der Waals surface area (Å²) in [6.07, 6.45) is 3.61. The van der Waals surface area contributed by atoms with Gasteiger partial charge < -0.3 is 14.8 Å². The summed E-state index contributed by atoms with van der Waals surface area (Å²) in [4.78, 5) is 24.3. The molecule has 3 rings (SSSR count). The van der Waals surface area contributed by atoms with E-state index in [2.05, 4.69) is 5.32 Å². The Bertz CT molecular complexity index is 1030. The van der Waals surface area contributed by atoms with Gasteiger partial charge in [-0.3, -0.25) is 4.79 Å². The van der Waals surface area contributed by atoms with Gasteiger partial charge in [-0.15, -0.1) is 0 Å². The molecule has 162 valence electrons. The molecule has 1 amide bonds. The maximum atomic E-state index is 14.3. The molecule has 5 nitrogen and oxygen atoms in total. The Morgan fingerprint density at radius 2 is 2.00 bits per heavy atom. The summed E-state index contributed by atoms with van der Waals surface area (Å²) in [6, 6.07) is 10.5. The largest absolute Gasteiger partial charge is 0.482 e. The molecule has 7 heteroatoms. The molecule has 2 aromatic carbocycles. The van der Waals surface area contributed by atoms with Gasteiger partial charge in [0.1, 0.15) is 17.7 Å². The normalized spacial score (nSPS) is 15.4.